The van der Waals surface area contributed by atoms with Crippen molar-refractivity contribution in [2.75, 3.05) is 23.7 Å². The van der Waals surface area contributed by atoms with Gasteiger partial charge >= 0.3 is 0 Å². The average molecular weight is 282 g/mol. The second-order valence-corrected chi connectivity index (χ2v) is 7.18. The van der Waals surface area contributed by atoms with E-state index in [4.69, 9.17) is 16.9 Å². The Morgan fingerprint density at radius 2 is 2.22 bits per heavy atom. The molecule has 2 heterocycles. The summed E-state index contributed by atoms with van der Waals surface area (Å²) in [6.07, 6.45) is 1.10. The lowest BCUT2D eigenvalue weighted by Gasteiger charge is -2.23. The zero-order chi connectivity index (χ0) is 13.2. The number of anilines is 1. The maximum atomic E-state index is 8.96. The van der Waals surface area contributed by atoms with Crippen LogP contribution in [0.3, 0.4) is 0 Å². The first-order valence-corrected chi connectivity index (χ1v) is 7.33. The Labute approximate surface area is 117 Å². The van der Waals surface area contributed by atoms with Crippen molar-refractivity contribution in [1.82, 2.24) is 4.98 Å². The van der Waals surface area contributed by atoms with Gasteiger partial charge < -0.3 is 4.90 Å². The highest BCUT2D eigenvalue weighted by Crippen LogP contribution is 2.32. The van der Waals surface area contributed by atoms with Crippen LogP contribution in [-0.4, -0.2) is 28.6 Å². The molecule has 96 valence electrons. The molecular weight excluding hydrogens is 266 g/mol. The highest BCUT2D eigenvalue weighted by molar-refractivity contribution is 8.00. The van der Waals surface area contributed by atoms with Crippen molar-refractivity contribution < 1.29 is 0 Å². The van der Waals surface area contributed by atoms with Gasteiger partial charge in [-0.1, -0.05) is 25.4 Å². The van der Waals surface area contributed by atoms with Crippen LogP contribution in [-0.2, 0) is 0 Å². The largest absolute Gasteiger partial charge is 0.356 e. The topological polar surface area (TPSA) is 39.9 Å². The number of nitriles is 1. The summed E-state index contributed by atoms with van der Waals surface area (Å²) < 4.78 is 0.311. The minimum atomic E-state index is 0.311. The van der Waals surface area contributed by atoms with Crippen molar-refractivity contribution in [3.05, 3.63) is 22.8 Å². The second-order valence-electron chi connectivity index (χ2n) is 4.99. The van der Waals surface area contributed by atoms with Gasteiger partial charge in [0.1, 0.15) is 11.0 Å². The molecule has 3 nitrogen and oxygen atoms in total. The fraction of sp³-hybridized carbons (Fsp3) is 0.538. The number of hydrogen-bond acceptors (Lipinski definition) is 4. The fourth-order valence-electron chi connectivity index (χ4n) is 1.96. The van der Waals surface area contributed by atoms with Crippen LogP contribution in [0.25, 0.3) is 0 Å². The first kappa shape index (κ1) is 13.5. The van der Waals surface area contributed by atoms with Crippen molar-refractivity contribution in [2.24, 2.45) is 0 Å². The zero-order valence-electron chi connectivity index (χ0n) is 10.6. The molecule has 0 atom stereocenters. The van der Waals surface area contributed by atoms with Gasteiger partial charge in [-0.25, -0.2) is 4.98 Å². The smallest absolute Gasteiger partial charge is 0.132 e. The molecule has 0 bridgehead atoms. The first-order valence-electron chi connectivity index (χ1n) is 5.97. The van der Waals surface area contributed by atoms with Gasteiger partial charge in [0.15, 0.2) is 0 Å². The zero-order valence-corrected chi connectivity index (χ0v) is 12.2. The van der Waals surface area contributed by atoms with Gasteiger partial charge in [-0.05, 0) is 18.6 Å². The van der Waals surface area contributed by atoms with E-state index in [9.17, 15) is 0 Å². The minimum Gasteiger partial charge on any atom is -0.356 e. The molecule has 0 amide bonds. The number of thioether (sulfide) groups is 1. The summed E-state index contributed by atoms with van der Waals surface area (Å²) in [5, 5.41) is 9.35. The van der Waals surface area contributed by atoms with Crippen molar-refractivity contribution in [1.29, 1.82) is 5.26 Å². The van der Waals surface area contributed by atoms with Crippen LogP contribution < -0.4 is 4.90 Å². The molecule has 0 radical (unpaired) electrons. The van der Waals surface area contributed by atoms with E-state index >= 15 is 0 Å². The molecule has 0 unspecified atom stereocenters. The number of rotatable bonds is 1. The van der Waals surface area contributed by atoms with Crippen molar-refractivity contribution >= 4 is 29.2 Å². The number of hydrogen-bond donors (Lipinski definition) is 0. The van der Waals surface area contributed by atoms with Gasteiger partial charge in [-0.3, -0.25) is 0 Å². The fourth-order valence-corrected chi connectivity index (χ4v) is 3.26. The molecule has 1 aliphatic heterocycles. The molecule has 1 aromatic rings. The van der Waals surface area contributed by atoms with E-state index in [1.165, 1.54) is 0 Å². The molecule has 1 saturated heterocycles. The van der Waals surface area contributed by atoms with Crippen molar-refractivity contribution in [3.63, 3.8) is 0 Å². The van der Waals surface area contributed by atoms with Crippen LogP contribution in [0.15, 0.2) is 12.1 Å². The van der Waals surface area contributed by atoms with E-state index in [2.05, 4.69) is 29.8 Å². The van der Waals surface area contributed by atoms with Crippen LogP contribution in [0.4, 0.5) is 5.82 Å². The molecular formula is C13H16ClN3S. The van der Waals surface area contributed by atoms with E-state index in [1.807, 2.05) is 17.8 Å². The summed E-state index contributed by atoms with van der Waals surface area (Å²) in [5.74, 6) is 1.89. The molecule has 18 heavy (non-hydrogen) atoms. The van der Waals surface area contributed by atoms with Gasteiger partial charge in [-0.2, -0.15) is 17.0 Å². The molecule has 0 saturated carbocycles. The maximum absolute atomic E-state index is 8.96. The third-order valence-corrected chi connectivity index (χ3v) is 4.64. The van der Waals surface area contributed by atoms with E-state index in [-0.39, 0.29) is 0 Å². The number of halogens is 1. The Kier molecular flexibility index (Phi) is 4.04. The van der Waals surface area contributed by atoms with Crippen LogP contribution >= 0.6 is 23.4 Å². The van der Waals surface area contributed by atoms with E-state index < -0.39 is 0 Å². The third kappa shape index (κ3) is 3.30. The van der Waals surface area contributed by atoms with E-state index in [0.717, 1.165) is 31.1 Å². The Balaban J connectivity index is 2.21. The lowest BCUT2D eigenvalue weighted by atomic mass is 10.1. The molecule has 0 aliphatic carbocycles. The summed E-state index contributed by atoms with van der Waals surface area (Å²) in [4.78, 5) is 6.54. The molecule has 0 aromatic carbocycles. The molecule has 0 N–H and O–H groups in total. The molecule has 1 aromatic heterocycles. The number of nitrogens with zero attached hydrogens (tertiary/aromatic N) is 3. The molecule has 1 aliphatic rings. The highest BCUT2D eigenvalue weighted by Gasteiger charge is 2.24. The lowest BCUT2D eigenvalue weighted by molar-refractivity contribution is 0.635. The van der Waals surface area contributed by atoms with Crippen LogP contribution in [0, 0.1) is 11.3 Å². The predicted octanol–water partition coefficient (Wildman–Crippen LogP) is 3.33. The van der Waals surface area contributed by atoms with E-state index in [1.54, 1.807) is 6.07 Å². The molecule has 2 rings (SSSR count). The Morgan fingerprint density at radius 3 is 2.94 bits per heavy atom. The number of pyridine rings is 1. The summed E-state index contributed by atoms with van der Waals surface area (Å²) in [6.45, 7) is 6.45. The van der Waals surface area contributed by atoms with Crippen molar-refractivity contribution in [2.45, 2.75) is 25.0 Å². The maximum Gasteiger partial charge on any atom is 0.132 e. The van der Waals surface area contributed by atoms with Crippen LogP contribution in [0.5, 0.6) is 0 Å². The summed E-state index contributed by atoms with van der Waals surface area (Å²) in [7, 11) is 0. The summed E-state index contributed by atoms with van der Waals surface area (Å²) in [6, 6.07) is 5.54. The normalized spacial score (nSPS) is 19.1. The molecule has 1 fully saturated rings. The SMILES string of the molecule is CC1(C)CCN(c2cc(C#N)cc(Cl)n2)CCS1. The van der Waals surface area contributed by atoms with Gasteiger partial charge in [0, 0.05) is 23.6 Å². The standard InChI is InChI=1S/C13H16ClN3S/c1-13(2)3-4-17(5-6-18-13)12-8-10(9-15)7-11(14)16-12/h7-8H,3-6H2,1-2H3. The van der Waals surface area contributed by atoms with Crippen LogP contribution in [0.2, 0.25) is 5.15 Å². The minimum absolute atomic E-state index is 0.311. The van der Waals surface area contributed by atoms with E-state index in [0.29, 0.717) is 15.5 Å². The number of aromatic nitrogens is 1. The predicted molar refractivity (Wildman–Crippen MR) is 77.3 cm³/mol. The molecule has 0 spiro atoms. The summed E-state index contributed by atoms with van der Waals surface area (Å²) in [5.41, 5.74) is 0.571. The highest BCUT2D eigenvalue weighted by atomic mass is 35.5. The Bertz CT molecular complexity index is 482. The monoisotopic (exact) mass is 281 g/mol. The lowest BCUT2D eigenvalue weighted by Crippen LogP contribution is -2.27. The Hall–Kier alpha value is -0.920. The third-order valence-electron chi connectivity index (χ3n) is 3.07. The van der Waals surface area contributed by atoms with Gasteiger partial charge in [-0.15, -0.1) is 0 Å². The van der Waals surface area contributed by atoms with Crippen LogP contribution in [0.1, 0.15) is 25.8 Å². The molecule has 5 heteroatoms. The van der Waals surface area contributed by atoms with Gasteiger partial charge in [0.2, 0.25) is 0 Å². The van der Waals surface area contributed by atoms with Gasteiger partial charge in [0.05, 0.1) is 11.6 Å². The first-order chi connectivity index (χ1) is 8.50. The van der Waals surface area contributed by atoms with Gasteiger partial charge in [0.25, 0.3) is 0 Å². The average Bonchev–Trinajstić information content (AvgIpc) is 2.49. The summed E-state index contributed by atoms with van der Waals surface area (Å²) >= 11 is 7.94. The Morgan fingerprint density at radius 1 is 1.44 bits per heavy atom. The second kappa shape index (κ2) is 5.38. The quantitative estimate of drug-likeness (QED) is 0.740. The van der Waals surface area contributed by atoms with Crippen molar-refractivity contribution in [3.8, 4) is 6.07 Å².